The van der Waals surface area contributed by atoms with Gasteiger partial charge in [-0.25, -0.2) is 4.79 Å². The fourth-order valence-electron chi connectivity index (χ4n) is 4.11. The minimum atomic E-state index is -0.406. The lowest BCUT2D eigenvalue weighted by Crippen LogP contribution is -2.48. The molecule has 4 heteroatoms. The molecule has 0 bridgehead atoms. The summed E-state index contributed by atoms with van der Waals surface area (Å²) < 4.78 is 5.55. The monoisotopic (exact) mass is 329 g/mol. The van der Waals surface area contributed by atoms with Crippen molar-refractivity contribution >= 4 is 11.9 Å². The Kier molecular flexibility index (Phi) is 5.22. The predicted molar refractivity (Wildman–Crippen MR) is 92.1 cm³/mol. The van der Waals surface area contributed by atoms with E-state index in [2.05, 4.69) is 0 Å². The first kappa shape index (κ1) is 17.0. The van der Waals surface area contributed by atoms with Gasteiger partial charge in [-0.05, 0) is 30.7 Å². The van der Waals surface area contributed by atoms with Crippen molar-refractivity contribution in [2.75, 3.05) is 0 Å². The van der Waals surface area contributed by atoms with Gasteiger partial charge in [-0.15, -0.1) is 0 Å². The summed E-state index contributed by atoms with van der Waals surface area (Å²) in [4.78, 5) is 27.3. The molecule has 3 rings (SSSR count). The average Bonchev–Trinajstić information content (AvgIpc) is 2.99. The fourth-order valence-corrected chi connectivity index (χ4v) is 4.11. The Balaban J connectivity index is 1.71. The Labute approximate surface area is 144 Å². The molecule has 0 radical (unpaired) electrons. The number of amides is 1. The quantitative estimate of drug-likeness (QED) is 0.794. The number of carbonyl (C=O) groups is 2. The van der Waals surface area contributed by atoms with E-state index in [1.807, 2.05) is 49.1 Å². The zero-order valence-corrected chi connectivity index (χ0v) is 14.6. The second kappa shape index (κ2) is 7.37. The highest BCUT2D eigenvalue weighted by Crippen LogP contribution is 2.40. The molecule has 1 saturated heterocycles. The van der Waals surface area contributed by atoms with E-state index in [-0.39, 0.29) is 30.4 Å². The van der Waals surface area contributed by atoms with Crippen molar-refractivity contribution in [3.63, 3.8) is 0 Å². The summed E-state index contributed by atoms with van der Waals surface area (Å²) in [7, 11) is 0. The third-order valence-corrected chi connectivity index (χ3v) is 5.33. The first-order valence-electron chi connectivity index (χ1n) is 9.10. The van der Waals surface area contributed by atoms with Crippen LogP contribution in [0.4, 0.5) is 0 Å². The highest BCUT2D eigenvalue weighted by atomic mass is 16.5. The summed E-state index contributed by atoms with van der Waals surface area (Å²) in [5.41, 5.74) is 0.975. The van der Waals surface area contributed by atoms with Gasteiger partial charge < -0.3 is 9.64 Å². The van der Waals surface area contributed by atoms with Gasteiger partial charge in [-0.1, -0.05) is 57.0 Å². The number of carbonyl (C=O) groups excluding carboxylic acids is 2. The number of rotatable bonds is 4. The van der Waals surface area contributed by atoms with Crippen molar-refractivity contribution in [1.29, 1.82) is 0 Å². The average molecular weight is 329 g/mol. The molecule has 0 unspecified atom stereocenters. The van der Waals surface area contributed by atoms with Crippen LogP contribution in [0.3, 0.4) is 0 Å². The fraction of sp³-hybridized carbons (Fsp3) is 0.600. The lowest BCUT2D eigenvalue weighted by atomic mass is 9.84. The minimum Gasteiger partial charge on any atom is -0.459 e. The Morgan fingerprint density at radius 1 is 1.17 bits per heavy atom. The van der Waals surface area contributed by atoms with Gasteiger partial charge in [0.05, 0.1) is 0 Å². The van der Waals surface area contributed by atoms with E-state index in [1.54, 1.807) is 0 Å². The summed E-state index contributed by atoms with van der Waals surface area (Å²) in [6, 6.07) is 9.51. The number of benzene rings is 1. The van der Waals surface area contributed by atoms with Crippen LogP contribution in [0.1, 0.15) is 51.5 Å². The molecule has 1 aliphatic carbocycles. The molecule has 2 fully saturated rings. The zero-order valence-electron chi connectivity index (χ0n) is 14.6. The van der Waals surface area contributed by atoms with E-state index in [0.717, 1.165) is 31.2 Å². The highest BCUT2D eigenvalue weighted by Gasteiger charge is 2.48. The van der Waals surface area contributed by atoms with E-state index in [1.165, 1.54) is 6.42 Å². The standard InChI is InChI=1S/C20H27NO3/c1-14(2)19(22)21-17-11-7-6-10-16(17)12-18(21)20(23)24-13-15-8-4-3-5-9-15/h3-5,8-9,14,16-18H,6-7,10-13H2,1-2H3/t16-,17-,18-/m0/s1. The maximum absolute atomic E-state index is 12.7. The summed E-state index contributed by atoms with van der Waals surface area (Å²) in [6.45, 7) is 4.09. The first-order chi connectivity index (χ1) is 11.6. The second-order valence-corrected chi connectivity index (χ2v) is 7.36. The van der Waals surface area contributed by atoms with Crippen LogP contribution in [-0.2, 0) is 20.9 Å². The van der Waals surface area contributed by atoms with E-state index in [9.17, 15) is 9.59 Å². The van der Waals surface area contributed by atoms with Crippen LogP contribution in [-0.4, -0.2) is 28.9 Å². The smallest absolute Gasteiger partial charge is 0.329 e. The lowest BCUT2D eigenvalue weighted by Gasteiger charge is -2.34. The molecule has 1 heterocycles. The number of hydrogen-bond donors (Lipinski definition) is 0. The summed E-state index contributed by atoms with van der Waals surface area (Å²) in [5.74, 6) is 0.208. The van der Waals surface area contributed by atoms with Gasteiger partial charge in [-0.2, -0.15) is 0 Å². The Morgan fingerprint density at radius 2 is 1.88 bits per heavy atom. The van der Waals surface area contributed by atoms with Crippen LogP contribution in [0.5, 0.6) is 0 Å². The number of esters is 1. The topological polar surface area (TPSA) is 46.6 Å². The molecule has 130 valence electrons. The molecule has 3 atom stereocenters. The maximum Gasteiger partial charge on any atom is 0.329 e. The van der Waals surface area contributed by atoms with Crippen molar-refractivity contribution in [2.45, 2.75) is 64.6 Å². The van der Waals surface area contributed by atoms with Gasteiger partial charge in [0.25, 0.3) is 0 Å². The van der Waals surface area contributed by atoms with Gasteiger partial charge in [-0.3, -0.25) is 4.79 Å². The van der Waals surface area contributed by atoms with Crippen LogP contribution < -0.4 is 0 Å². The normalized spacial score (nSPS) is 26.3. The minimum absolute atomic E-state index is 0.0879. The highest BCUT2D eigenvalue weighted by molar-refractivity contribution is 5.86. The zero-order chi connectivity index (χ0) is 17.1. The number of fused-ring (bicyclic) bond motifs is 1. The van der Waals surface area contributed by atoms with E-state index < -0.39 is 6.04 Å². The first-order valence-corrected chi connectivity index (χ1v) is 9.10. The molecule has 1 aromatic carbocycles. The van der Waals surface area contributed by atoms with Crippen LogP contribution in [0.25, 0.3) is 0 Å². The van der Waals surface area contributed by atoms with Crippen LogP contribution in [0.15, 0.2) is 30.3 Å². The number of hydrogen-bond acceptors (Lipinski definition) is 3. The van der Waals surface area contributed by atoms with Gasteiger partial charge in [0.15, 0.2) is 0 Å². The Bertz CT molecular complexity index is 584. The van der Waals surface area contributed by atoms with Gasteiger partial charge in [0, 0.05) is 12.0 Å². The van der Waals surface area contributed by atoms with Gasteiger partial charge in [0.1, 0.15) is 12.6 Å². The molecular weight excluding hydrogens is 302 g/mol. The Morgan fingerprint density at radius 3 is 2.58 bits per heavy atom. The molecule has 0 N–H and O–H groups in total. The largest absolute Gasteiger partial charge is 0.459 e. The second-order valence-electron chi connectivity index (χ2n) is 7.36. The van der Waals surface area contributed by atoms with Crippen LogP contribution in [0.2, 0.25) is 0 Å². The lowest BCUT2D eigenvalue weighted by molar-refractivity contribution is -0.156. The SMILES string of the molecule is CC(C)C(=O)N1[C@H](C(=O)OCc2ccccc2)C[C@@H]2CCCC[C@@H]21. The molecule has 2 aliphatic rings. The molecule has 0 aromatic heterocycles. The molecular formula is C20H27NO3. The summed E-state index contributed by atoms with van der Waals surface area (Å²) in [5, 5.41) is 0. The van der Waals surface area contributed by atoms with Crippen molar-refractivity contribution < 1.29 is 14.3 Å². The molecule has 4 nitrogen and oxygen atoms in total. The van der Waals surface area contributed by atoms with Crippen molar-refractivity contribution in [2.24, 2.45) is 11.8 Å². The maximum atomic E-state index is 12.7. The third-order valence-electron chi connectivity index (χ3n) is 5.33. The van der Waals surface area contributed by atoms with Crippen molar-refractivity contribution in [1.82, 2.24) is 4.90 Å². The van der Waals surface area contributed by atoms with E-state index >= 15 is 0 Å². The predicted octanol–water partition coefficient (Wildman–Crippen LogP) is 3.55. The third kappa shape index (κ3) is 3.47. The van der Waals surface area contributed by atoms with Crippen LogP contribution in [0, 0.1) is 11.8 Å². The summed E-state index contributed by atoms with van der Waals surface area (Å²) >= 11 is 0. The van der Waals surface area contributed by atoms with Crippen molar-refractivity contribution in [3.8, 4) is 0 Å². The molecule has 0 spiro atoms. The molecule has 24 heavy (non-hydrogen) atoms. The van der Waals surface area contributed by atoms with Gasteiger partial charge in [0.2, 0.25) is 5.91 Å². The van der Waals surface area contributed by atoms with Crippen molar-refractivity contribution in [3.05, 3.63) is 35.9 Å². The molecule has 1 amide bonds. The Hall–Kier alpha value is -1.84. The number of likely N-dealkylation sites (tertiary alicyclic amines) is 1. The number of nitrogens with zero attached hydrogens (tertiary/aromatic N) is 1. The molecule has 1 saturated carbocycles. The molecule has 1 aromatic rings. The van der Waals surface area contributed by atoms with Crippen LogP contribution >= 0.6 is 0 Å². The van der Waals surface area contributed by atoms with E-state index in [0.29, 0.717) is 5.92 Å². The molecule has 1 aliphatic heterocycles. The van der Waals surface area contributed by atoms with E-state index in [4.69, 9.17) is 4.74 Å². The summed E-state index contributed by atoms with van der Waals surface area (Å²) in [6.07, 6.45) is 5.25. The van der Waals surface area contributed by atoms with Gasteiger partial charge >= 0.3 is 5.97 Å². The number of ether oxygens (including phenoxy) is 1.